The highest BCUT2D eigenvalue weighted by Crippen LogP contribution is 2.68. The maximum absolute atomic E-state index is 11.5. The van der Waals surface area contributed by atoms with Gasteiger partial charge in [0.25, 0.3) is 0 Å². The molecule has 1 nitrogen and oxygen atoms in total. The molecule has 5 aromatic carbocycles. The molecule has 1 N–H and O–H groups in total. The van der Waals surface area contributed by atoms with E-state index >= 15 is 0 Å². The highest BCUT2D eigenvalue weighted by molar-refractivity contribution is 7.67. The average Bonchev–Trinajstić information content (AvgIpc) is 3.04. The molecule has 0 bridgehead atoms. The monoisotopic (exact) mass is 610 g/mol. The summed E-state index contributed by atoms with van der Waals surface area (Å²) in [4.78, 5) is 0. The summed E-state index contributed by atoms with van der Waals surface area (Å²) in [7, 11) is -0.810. The Kier molecular flexibility index (Phi) is 8.89. The second kappa shape index (κ2) is 12.7. The number of hydrogen-bond acceptors (Lipinski definition) is 1. The van der Waals surface area contributed by atoms with E-state index in [9.17, 15) is 5.11 Å². The third-order valence-corrected chi connectivity index (χ3v) is 14.0. The average molecular weight is 611 g/mol. The number of hydrogen-bond donors (Lipinski definition) is 1. The molecule has 1 saturated heterocycles. The van der Waals surface area contributed by atoms with Crippen LogP contribution >= 0.6 is 7.92 Å². The van der Waals surface area contributed by atoms with Crippen LogP contribution in [0.3, 0.4) is 0 Å². The van der Waals surface area contributed by atoms with Crippen molar-refractivity contribution in [2.75, 3.05) is 0 Å². The fourth-order valence-electron chi connectivity index (χ4n) is 7.78. The lowest BCUT2D eigenvalue weighted by Crippen LogP contribution is -2.28. The zero-order valence-corrected chi connectivity index (χ0v) is 29.1. The lowest BCUT2D eigenvalue weighted by Gasteiger charge is -2.44. The van der Waals surface area contributed by atoms with Gasteiger partial charge >= 0.3 is 0 Å². The molecule has 1 heterocycles. The maximum atomic E-state index is 11.5. The van der Waals surface area contributed by atoms with Crippen molar-refractivity contribution in [1.29, 1.82) is 0 Å². The first-order valence-electron chi connectivity index (χ1n) is 16.4. The van der Waals surface area contributed by atoms with Gasteiger partial charge in [0.1, 0.15) is 0 Å². The van der Waals surface area contributed by atoms with Crippen molar-refractivity contribution < 1.29 is 5.11 Å². The molecule has 1 fully saturated rings. The molecule has 0 aromatic heterocycles. The van der Waals surface area contributed by atoms with E-state index in [0.29, 0.717) is 0 Å². The van der Waals surface area contributed by atoms with Crippen LogP contribution in [-0.4, -0.2) is 11.2 Å². The van der Waals surface area contributed by atoms with Crippen molar-refractivity contribution >= 4 is 13.2 Å². The smallest absolute Gasteiger partial charge is 0.0559 e. The van der Waals surface area contributed by atoms with Crippen molar-refractivity contribution in [3.05, 3.63) is 147 Å². The number of rotatable bonds is 5. The molecular weight excluding hydrogens is 563 g/mol. The summed E-state index contributed by atoms with van der Waals surface area (Å²) < 4.78 is 0. The summed E-state index contributed by atoms with van der Waals surface area (Å²) in [6.07, 6.45) is 1.22. The molecule has 5 aromatic rings. The van der Waals surface area contributed by atoms with Crippen molar-refractivity contribution in [2.45, 2.75) is 85.7 Å². The number of aliphatic hydroxyl groups excluding tert-OH is 1. The van der Waals surface area contributed by atoms with E-state index in [0.717, 1.165) is 12.8 Å². The molecule has 45 heavy (non-hydrogen) atoms. The minimum Gasteiger partial charge on any atom is -0.393 e. The van der Waals surface area contributed by atoms with Crippen LogP contribution in [0.25, 0.3) is 22.3 Å². The van der Waals surface area contributed by atoms with Crippen molar-refractivity contribution in [2.24, 2.45) is 0 Å². The van der Waals surface area contributed by atoms with E-state index in [-0.39, 0.29) is 17.4 Å². The van der Waals surface area contributed by atoms with Crippen molar-refractivity contribution in [3.8, 4) is 22.3 Å². The van der Waals surface area contributed by atoms with Crippen LogP contribution < -0.4 is 5.30 Å². The molecule has 2 atom stereocenters. The van der Waals surface area contributed by atoms with Crippen molar-refractivity contribution in [1.82, 2.24) is 0 Å². The Bertz CT molecular complexity index is 1670. The number of benzene rings is 5. The van der Waals surface area contributed by atoms with Gasteiger partial charge in [0.05, 0.1) is 6.10 Å². The molecule has 0 spiro atoms. The first-order chi connectivity index (χ1) is 21.6. The standard InChI is InChI=1S/C43H47OP/c1-26-22-27(2)31(6)41(30(26)5)37-20-15-21-38(42-32(7)28(3)23-29(4)33(42)8)43(37)45-39(34-16-11-9-12-17-34)24-36(44)25-40(45)35-18-13-10-14-19-35/h9-23,36,39-40,44H,24-25H2,1-8H3. The van der Waals surface area contributed by atoms with Gasteiger partial charge in [0.2, 0.25) is 0 Å². The highest BCUT2D eigenvalue weighted by Gasteiger charge is 2.42. The van der Waals surface area contributed by atoms with Crippen LogP contribution in [0.2, 0.25) is 0 Å². The Balaban J connectivity index is 1.78. The van der Waals surface area contributed by atoms with E-state index in [2.05, 4.69) is 146 Å². The van der Waals surface area contributed by atoms with E-state index in [1.807, 2.05) is 0 Å². The van der Waals surface area contributed by atoms with Crippen LogP contribution in [0.15, 0.2) is 91.0 Å². The maximum Gasteiger partial charge on any atom is 0.0559 e. The third kappa shape index (κ3) is 5.71. The van der Waals surface area contributed by atoms with Gasteiger partial charge in [-0.1, -0.05) is 98.9 Å². The number of aryl methyl sites for hydroxylation is 4. The van der Waals surface area contributed by atoms with Gasteiger partial charge in [-0.2, -0.15) is 0 Å². The van der Waals surface area contributed by atoms with Crippen LogP contribution in [0.1, 0.15) is 79.8 Å². The molecule has 0 saturated carbocycles. The van der Waals surface area contributed by atoms with Gasteiger partial charge in [-0.25, -0.2) is 0 Å². The zero-order valence-electron chi connectivity index (χ0n) is 28.2. The molecule has 2 heteroatoms. The molecule has 0 amide bonds. The summed E-state index contributed by atoms with van der Waals surface area (Å²) in [6, 6.07) is 33.9. The lowest BCUT2D eigenvalue weighted by molar-refractivity contribution is 0.146. The van der Waals surface area contributed by atoms with Crippen LogP contribution in [0.4, 0.5) is 0 Å². The Labute approximate surface area is 272 Å². The Morgan fingerprint density at radius 1 is 0.489 bits per heavy atom. The molecular formula is C43H47OP. The quantitative estimate of drug-likeness (QED) is 0.196. The van der Waals surface area contributed by atoms with Gasteiger partial charge in [-0.05, 0) is 151 Å². The Hall–Kier alpha value is -3.51. The zero-order chi connectivity index (χ0) is 32.0. The fraction of sp³-hybridized carbons (Fsp3) is 0.302. The highest BCUT2D eigenvalue weighted by atomic mass is 31.1. The SMILES string of the molecule is Cc1cc(C)c(C)c(-c2cccc(-c3c(C)c(C)cc(C)c3C)c2P2C(c3ccccc3)CC(O)CC2c2ccccc2)c1C. The molecule has 6 rings (SSSR count). The molecule has 0 aliphatic carbocycles. The third-order valence-electron chi connectivity index (χ3n) is 10.6. The summed E-state index contributed by atoms with van der Waals surface area (Å²) in [5.41, 5.74) is 19.5. The van der Waals surface area contributed by atoms with Crippen LogP contribution in [0.5, 0.6) is 0 Å². The summed E-state index contributed by atoms with van der Waals surface area (Å²) in [5, 5.41) is 13.0. The van der Waals surface area contributed by atoms with Gasteiger partial charge in [-0.15, -0.1) is 0 Å². The summed E-state index contributed by atoms with van der Waals surface area (Å²) >= 11 is 0. The molecule has 2 unspecified atom stereocenters. The molecule has 1 aliphatic rings. The summed E-state index contributed by atoms with van der Waals surface area (Å²) in [5.74, 6) is 0. The molecule has 1 aliphatic heterocycles. The van der Waals surface area contributed by atoms with E-state index in [1.165, 1.54) is 83.2 Å². The first kappa shape index (κ1) is 31.5. The Morgan fingerprint density at radius 3 is 1.20 bits per heavy atom. The fourth-order valence-corrected chi connectivity index (χ4v) is 11.7. The molecule has 0 radical (unpaired) electrons. The van der Waals surface area contributed by atoms with Gasteiger partial charge in [0.15, 0.2) is 0 Å². The van der Waals surface area contributed by atoms with E-state index in [1.54, 1.807) is 0 Å². The minimum absolute atomic E-state index is 0.230. The molecule has 230 valence electrons. The number of aliphatic hydroxyl groups is 1. The topological polar surface area (TPSA) is 20.2 Å². The largest absolute Gasteiger partial charge is 0.393 e. The van der Waals surface area contributed by atoms with E-state index < -0.39 is 7.92 Å². The van der Waals surface area contributed by atoms with Gasteiger partial charge in [0, 0.05) is 11.3 Å². The summed E-state index contributed by atoms with van der Waals surface area (Å²) in [6.45, 7) is 18.3. The van der Waals surface area contributed by atoms with Crippen LogP contribution in [-0.2, 0) is 0 Å². The predicted octanol–water partition coefficient (Wildman–Crippen LogP) is 11.2. The minimum atomic E-state index is -0.810. The lowest BCUT2D eigenvalue weighted by atomic mass is 9.85. The predicted molar refractivity (Wildman–Crippen MR) is 195 cm³/mol. The van der Waals surface area contributed by atoms with Crippen molar-refractivity contribution in [3.63, 3.8) is 0 Å². The van der Waals surface area contributed by atoms with E-state index in [4.69, 9.17) is 0 Å². The second-order valence-corrected chi connectivity index (χ2v) is 15.9. The first-order valence-corrected chi connectivity index (χ1v) is 17.9. The van der Waals surface area contributed by atoms with Gasteiger partial charge < -0.3 is 5.11 Å². The Morgan fingerprint density at radius 2 is 0.844 bits per heavy atom. The normalized spacial score (nSPS) is 19.9. The van der Waals surface area contributed by atoms with Crippen LogP contribution in [0, 0.1) is 55.4 Å². The van der Waals surface area contributed by atoms with Gasteiger partial charge in [-0.3, -0.25) is 0 Å². The second-order valence-electron chi connectivity index (χ2n) is 13.4.